The number of nitrogens with zero attached hydrogens (tertiary/aromatic N) is 2. The molecule has 23 heavy (non-hydrogen) atoms. The maximum atomic E-state index is 12.3. The molecule has 0 saturated carbocycles. The summed E-state index contributed by atoms with van der Waals surface area (Å²) in [6.07, 6.45) is 4.43. The van der Waals surface area contributed by atoms with Gasteiger partial charge in [-0.15, -0.1) is 0 Å². The number of rotatable bonds is 1. The SMILES string of the molecule is CCC.O=C1CN(C(=O)Nc2ccncc2)c2ccccc2N1. The third-order valence-corrected chi connectivity index (χ3v) is 2.95. The fraction of sp³-hybridized carbons (Fsp3) is 0.235. The lowest BCUT2D eigenvalue weighted by Gasteiger charge is -2.29. The molecule has 3 rings (SSSR count). The average molecular weight is 312 g/mol. The van der Waals surface area contributed by atoms with Crippen molar-refractivity contribution in [1.29, 1.82) is 0 Å². The minimum atomic E-state index is -0.349. The van der Waals surface area contributed by atoms with Crippen LogP contribution in [0.3, 0.4) is 0 Å². The Morgan fingerprint density at radius 2 is 1.87 bits per heavy atom. The summed E-state index contributed by atoms with van der Waals surface area (Å²) in [5, 5.41) is 5.48. The predicted molar refractivity (Wildman–Crippen MR) is 91.6 cm³/mol. The minimum absolute atomic E-state index is 0.00602. The summed E-state index contributed by atoms with van der Waals surface area (Å²) in [4.78, 5) is 29.2. The zero-order chi connectivity index (χ0) is 16.7. The van der Waals surface area contributed by atoms with E-state index in [0.717, 1.165) is 0 Å². The van der Waals surface area contributed by atoms with Gasteiger partial charge in [0.25, 0.3) is 0 Å². The molecule has 0 unspecified atom stereocenters. The molecule has 0 atom stereocenters. The highest BCUT2D eigenvalue weighted by Crippen LogP contribution is 2.29. The molecule has 0 radical (unpaired) electrons. The summed E-state index contributed by atoms with van der Waals surface area (Å²) in [6.45, 7) is 4.24. The second kappa shape index (κ2) is 7.93. The standard InChI is InChI=1S/C14H12N4O2.C3H8/c19-13-9-18(12-4-2-1-3-11(12)17-13)14(20)16-10-5-7-15-8-6-10;1-3-2/h1-8H,9H2,(H,17,19)(H,15,16,20);3H2,1-2H3. The normalized spacial score (nSPS) is 12.4. The molecule has 6 nitrogen and oxygen atoms in total. The van der Waals surface area contributed by atoms with E-state index < -0.39 is 0 Å². The fourth-order valence-electron chi connectivity index (χ4n) is 2.04. The Bertz CT molecular complexity index is 673. The smallest absolute Gasteiger partial charge is 0.323 e. The number of nitrogens with one attached hydrogen (secondary N) is 2. The molecular formula is C17H20N4O2. The van der Waals surface area contributed by atoms with Crippen LogP contribution in [0.25, 0.3) is 0 Å². The molecule has 0 bridgehead atoms. The number of para-hydroxylation sites is 2. The minimum Gasteiger partial charge on any atom is -0.323 e. The highest BCUT2D eigenvalue weighted by Gasteiger charge is 2.26. The maximum Gasteiger partial charge on any atom is 0.326 e. The van der Waals surface area contributed by atoms with Crippen LogP contribution in [0.5, 0.6) is 0 Å². The third-order valence-electron chi connectivity index (χ3n) is 2.95. The largest absolute Gasteiger partial charge is 0.326 e. The molecule has 6 heteroatoms. The van der Waals surface area contributed by atoms with Gasteiger partial charge in [-0.1, -0.05) is 32.4 Å². The van der Waals surface area contributed by atoms with E-state index in [4.69, 9.17) is 0 Å². The van der Waals surface area contributed by atoms with Crippen molar-refractivity contribution >= 4 is 29.0 Å². The lowest BCUT2D eigenvalue weighted by Crippen LogP contribution is -2.44. The number of fused-ring (bicyclic) bond motifs is 1. The van der Waals surface area contributed by atoms with Gasteiger partial charge in [-0.2, -0.15) is 0 Å². The van der Waals surface area contributed by atoms with Crippen LogP contribution in [-0.4, -0.2) is 23.5 Å². The quantitative estimate of drug-likeness (QED) is 0.846. The first kappa shape index (κ1) is 16.5. The van der Waals surface area contributed by atoms with Gasteiger partial charge in [0.05, 0.1) is 11.4 Å². The van der Waals surface area contributed by atoms with Gasteiger partial charge in [0, 0.05) is 18.1 Å². The van der Waals surface area contributed by atoms with Crippen LogP contribution in [0.15, 0.2) is 48.8 Å². The number of anilines is 3. The number of amides is 3. The monoisotopic (exact) mass is 312 g/mol. The lowest BCUT2D eigenvalue weighted by atomic mass is 10.2. The predicted octanol–water partition coefficient (Wildman–Crippen LogP) is 3.49. The van der Waals surface area contributed by atoms with Crippen LogP contribution < -0.4 is 15.5 Å². The summed E-state index contributed by atoms with van der Waals surface area (Å²) >= 11 is 0. The lowest BCUT2D eigenvalue weighted by molar-refractivity contribution is -0.115. The van der Waals surface area contributed by atoms with E-state index in [-0.39, 0.29) is 18.5 Å². The highest BCUT2D eigenvalue weighted by molar-refractivity contribution is 6.12. The number of urea groups is 1. The number of benzene rings is 1. The first-order valence-electron chi connectivity index (χ1n) is 7.53. The summed E-state index contributed by atoms with van der Waals surface area (Å²) in [5.41, 5.74) is 1.95. The number of pyridine rings is 1. The second-order valence-corrected chi connectivity index (χ2v) is 5.02. The van der Waals surface area contributed by atoms with Gasteiger partial charge in [0.2, 0.25) is 5.91 Å². The first-order valence-corrected chi connectivity index (χ1v) is 7.53. The van der Waals surface area contributed by atoms with E-state index in [1.54, 1.807) is 36.7 Å². The zero-order valence-corrected chi connectivity index (χ0v) is 13.2. The summed E-state index contributed by atoms with van der Waals surface area (Å²) in [7, 11) is 0. The number of hydrogen-bond donors (Lipinski definition) is 2. The van der Waals surface area contributed by atoms with Crippen molar-refractivity contribution in [1.82, 2.24) is 4.98 Å². The van der Waals surface area contributed by atoms with Crippen molar-refractivity contribution in [2.75, 3.05) is 22.1 Å². The summed E-state index contributed by atoms with van der Waals surface area (Å²) in [5.74, 6) is -0.214. The Balaban J connectivity index is 0.000000595. The Labute approximate surface area is 135 Å². The van der Waals surface area contributed by atoms with Crippen LogP contribution in [0.2, 0.25) is 0 Å². The zero-order valence-electron chi connectivity index (χ0n) is 13.2. The third kappa shape index (κ3) is 4.29. The van der Waals surface area contributed by atoms with Crippen molar-refractivity contribution in [2.45, 2.75) is 20.3 Å². The first-order chi connectivity index (χ1) is 11.2. The van der Waals surface area contributed by atoms with Gasteiger partial charge >= 0.3 is 6.03 Å². The molecule has 0 spiro atoms. The van der Waals surface area contributed by atoms with Crippen molar-refractivity contribution in [3.8, 4) is 0 Å². The van der Waals surface area contributed by atoms with E-state index in [0.29, 0.717) is 17.1 Å². The Hall–Kier alpha value is -2.89. The van der Waals surface area contributed by atoms with Crippen LogP contribution in [0, 0.1) is 0 Å². The molecule has 3 amide bonds. The molecule has 2 aromatic rings. The molecule has 0 saturated heterocycles. The van der Waals surface area contributed by atoms with Crippen LogP contribution in [-0.2, 0) is 4.79 Å². The van der Waals surface area contributed by atoms with Crippen molar-refractivity contribution < 1.29 is 9.59 Å². The molecule has 2 heterocycles. The summed E-state index contributed by atoms with van der Waals surface area (Å²) in [6, 6.07) is 10.2. The number of hydrogen-bond acceptors (Lipinski definition) is 3. The Morgan fingerprint density at radius 1 is 1.22 bits per heavy atom. The van der Waals surface area contributed by atoms with E-state index in [1.165, 1.54) is 11.3 Å². The number of carbonyl (C=O) groups excluding carboxylic acids is 2. The molecule has 0 aliphatic carbocycles. The van der Waals surface area contributed by atoms with Gasteiger partial charge in [0.15, 0.2) is 0 Å². The van der Waals surface area contributed by atoms with E-state index in [2.05, 4.69) is 29.5 Å². The topological polar surface area (TPSA) is 74.3 Å². The van der Waals surface area contributed by atoms with Crippen molar-refractivity contribution in [2.24, 2.45) is 0 Å². The number of carbonyl (C=O) groups is 2. The van der Waals surface area contributed by atoms with Crippen LogP contribution >= 0.6 is 0 Å². The molecule has 0 fully saturated rings. The molecule has 2 N–H and O–H groups in total. The van der Waals surface area contributed by atoms with E-state index >= 15 is 0 Å². The number of aromatic nitrogens is 1. The molecule has 120 valence electrons. The Morgan fingerprint density at radius 3 is 2.57 bits per heavy atom. The Kier molecular flexibility index (Phi) is 5.68. The van der Waals surface area contributed by atoms with Gasteiger partial charge in [-0.3, -0.25) is 14.7 Å². The molecule has 1 aliphatic rings. The highest BCUT2D eigenvalue weighted by atomic mass is 16.2. The van der Waals surface area contributed by atoms with Crippen molar-refractivity contribution in [3.63, 3.8) is 0 Å². The van der Waals surface area contributed by atoms with Crippen LogP contribution in [0.1, 0.15) is 20.3 Å². The van der Waals surface area contributed by atoms with E-state index in [9.17, 15) is 9.59 Å². The fourth-order valence-corrected chi connectivity index (χ4v) is 2.04. The second-order valence-electron chi connectivity index (χ2n) is 5.02. The van der Waals surface area contributed by atoms with Gasteiger partial charge in [0.1, 0.15) is 6.54 Å². The van der Waals surface area contributed by atoms with Crippen molar-refractivity contribution in [3.05, 3.63) is 48.8 Å². The average Bonchev–Trinajstić information content (AvgIpc) is 2.55. The molecule has 1 aromatic heterocycles. The van der Waals surface area contributed by atoms with E-state index in [1.807, 2.05) is 12.1 Å². The summed E-state index contributed by atoms with van der Waals surface area (Å²) < 4.78 is 0. The van der Waals surface area contributed by atoms with Gasteiger partial charge in [-0.25, -0.2) is 4.79 Å². The molecule has 1 aromatic carbocycles. The van der Waals surface area contributed by atoms with Gasteiger partial charge < -0.3 is 10.6 Å². The molecular weight excluding hydrogens is 292 g/mol. The van der Waals surface area contributed by atoms with Gasteiger partial charge in [-0.05, 0) is 24.3 Å². The van der Waals surface area contributed by atoms with Crippen LogP contribution in [0.4, 0.5) is 21.9 Å². The molecule has 1 aliphatic heterocycles. The maximum absolute atomic E-state index is 12.3.